The van der Waals surface area contributed by atoms with E-state index in [1.807, 2.05) is 0 Å². The van der Waals surface area contributed by atoms with Crippen molar-refractivity contribution in [2.75, 3.05) is 51.3 Å². The van der Waals surface area contributed by atoms with E-state index >= 15 is 0 Å². The molecule has 1 aromatic rings. The minimum atomic E-state index is -0.877. The minimum Gasteiger partial charge on any atom is -0.388 e. The predicted octanol–water partition coefficient (Wildman–Crippen LogP) is 0.994. The molecule has 6 nitrogen and oxygen atoms in total. The molecular weight excluding hydrogens is 337 g/mol. The van der Waals surface area contributed by atoms with Gasteiger partial charge in [0.25, 0.3) is 5.91 Å². The number of morpholine rings is 1. The Kier molecular flexibility index (Phi) is 5.50. The summed E-state index contributed by atoms with van der Waals surface area (Å²) in [5.41, 5.74) is -0.678. The molecule has 0 aromatic heterocycles. The number of rotatable bonds is 4. The van der Waals surface area contributed by atoms with Crippen LogP contribution in [0.5, 0.6) is 0 Å². The number of aliphatic hydroxyl groups is 1. The van der Waals surface area contributed by atoms with Gasteiger partial charge in [-0.15, -0.1) is 0 Å². The van der Waals surface area contributed by atoms with E-state index in [1.54, 1.807) is 26.1 Å². The van der Waals surface area contributed by atoms with Crippen LogP contribution in [0.2, 0.25) is 0 Å². The average Bonchev–Trinajstić information content (AvgIpc) is 2.62. The van der Waals surface area contributed by atoms with Crippen LogP contribution in [-0.4, -0.2) is 73.5 Å². The predicted molar refractivity (Wildman–Crippen MR) is 97.7 cm³/mol. The Hall–Kier alpha value is -1.70. The number of hydrogen-bond acceptors (Lipinski definition) is 5. The Bertz CT molecular complexity index is 631. The summed E-state index contributed by atoms with van der Waals surface area (Å²) >= 11 is 0. The van der Waals surface area contributed by atoms with E-state index < -0.39 is 11.2 Å². The van der Waals surface area contributed by atoms with Crippen molar-refractivity contribution in [3.8, 4) is 0 Å². The van der Waals surface area contributed by atoms with Crippen molar-refractivity contribution >= 4 is 11.6 Å². The van der Waals surface area contributed by atoms with E-state index in [0.29, 0.717) is 39.1 Å². The second-order valence-corrected chi connectivity index (χ2v) is 7.56. The van der Waals surface area contributed by atoms with Gasteiger partial charge in [-0.3, -0.25) is 9.69 Å². The SMILES string of the molecule is CNC(=O)C1(C)CN(CC2(O)CCN(c3ccc(F)cc3)CC2)CCO1. The van der Waals surface area contributed by atoms with Crippen molar-refractivity contribution in [3.63, 3.8) is 0 Å². The van der Waals surface area contributed by atoms with Crippen molar-refractivity contribution in [1.29, 1.82) is 0 Å². The molecule has 2 N–H and O–H groups in total. The summed E-state index contributed by atoms with van der Waals surface area (Å²) in [5.74, 6) is -0.380. The first-order valence-electron chi connectivity index (χ1n) is 9.15. The van der Waals surface area contributed by atoms with Crippen LogP contribution in [0.15, 0.2) is 24.3 Å². The molecule has 0 aliphatic carbocycles. The number of carbonyl (C=O) groups is 1. The maximum absolute atomic E-state index is 13.1. The number of hydrogen-bond donors (Lipinski definition) is 2. The topological polar surface area (TPSA) is 65.0 Å². The summed E-state index contributed by atoms with van der Waals surface area (Å²) in [7, 11) is 1.61. The number of halogens is 1. The molecule has 144 valence electrons. The van der Waals surface area contributed by atoms with Crippen molar-refractivity contribution in [3.05, 3.63) is 30.1 Å². The summed E-state index contributed by atoms with van der Waals surface area (Å²) in [4.78, 5) is 16.4. The zero-order valence-corrected chi connectivity index (χ0v) is 15.5. The number of piperidine rings is 1. The first-order valence-corrected chi connectivity index (χ1v) is 9.15. The number of anilines is 1. The lowest BCUT2D eigenvalue weighted by molar-refractivity contribution is -0.159. The molecule has 1 aromatic carbocycles. The molecule has 2 heterocycles. The highest BCUT2D eigenvalue weighted by Crippen LogP contribution is 2.29. The molecule has 0 saturated carbocycles. The molecule has 26 heavy (non-hydrogen) atoms. The van der Waals surface area contributed by atoms with Crippen LogP contribution < -0.4 is 10.2 Å². The summed E-state index contributed by atoms with van der Waals surface area (Å²) in [6.07, 6.45) is 1.27. The van der Waals surface area contributed by atoms with Crippen LogP contribution in [0, 0.1) is 5.82 Å². The first-order chi connectivity index (χ1) is 12.3. The number of nitrogens with zero attached hydrogens (tertiary/aromatic N) is 2. The number of amides is 1. The van der Waals surface area contributed by atoms with E-state index in [2.05, 4.69) is 15.1 Å². The lowest BCUT2D eigenvalue weighted by Gasteiger charge is -2.45. The molecule has 3 rings (SSSR count). The third-order valence-electron chi connectivity index (χ3n) is 5.46. The fraction of sp³-hybridized carbons (Fsp3) is 0.632. The van der Waals surface area contributed by atoms with Gasteiger partial charge in [-0.05, 0) is 44.0 Å². The second kappa shape index (κ2) is 7.50. The van der Waals surface area contributed by atoms with Crippen molar-refractivity contribution < 1.29 is 19.0 Å². The van der Waals surface area contributed by atoms with E-state index in [1.165, 1.54) is 12.1 Å². The van der Waals surface area contributed by atoms with E-state index in [4.69, 9.17) is 4.74 Å². The Balaban J connectivity index is 1.57. The van der Waals surface area contributed by atoms with Crippen molar-refractivity contribution in [2.24, 2.45) is 0 Å². The lowest BCUT2D eigenvalue weighted by atomic mass is 9.89. The van der Waals surface area contributed by atoms with Gasteiger partial charge in [0, 0.05) is 45.5 Å². The molecule has 1 atom stereocenters. The number of nitrogens with one attached hydrogen (secondary N) is 1. The lowest BCUT2D eigenvalue weighted by Crippen LogP contribution is -2.61. The highest BCUT2D eigenvalue weighted by atomic mass is 19.1. The summed E-state index contributed by atoms with van der Waals surface area (Å²) in [5, 5.41) is 13.7. The molecule has 0 radical (unpaired) electrons. The number of ether oxygens (including phenoxy) is 1. The van der Waals surface area contributed by atoms with Crippen LogP contribution >= 0.6 is 0 Å². The van der Waals surface area contributed by atoms with E-state index in [0.717, 1.165) is 18.8 Å². The van der Waals surface area contributed by atoms with Gasteiger partial charge in [0.05, 0.1) is 12.2 Å². The number of likely N-dealkylation sites (N-methyl/N-ethyl adjacent to an activating group) is 1. The van der Waals surface area contributed by atoms with Gasteiger partial charge in [0.2, 0.25) is 0 Å². The zero-order chi connectivity index (χ0) is 18.8. The van der Waals surface area contributed by atoms with Gasteiger partial charge in [-0.1, -0.05) is 0 Å². The monoisotopic (exact) mass is 365 g/mol. The van der Waals surface area contributed by atoms with Crippen LogP contribution in [0.3, 0.4) is 0 Å². The smallest absolute Gasteiger partial charge is 0.253 e. The summed E-state index contributed by atoms with van der Waals surface area (Å²) in [6.45, 7) is 5.41. The van der Waals surface area contributed by atoms with E-state index in [-0.39, 0.29) is 11.7 Å². The number of benzene rings is 1. The number of β-amino-alcohol motifs (C(OH)–C–C–N with tert-alkyl or cyclic N) is 1. The maximum atomic E-state index is 13.1. The molecule has 7 heteroatoms. The third-order valence-corrected chi connectivity index (χ3v) is 5.46. The Morgan fingerprint density at radius 3 is 2.54 bits per heavy atom. The van der Waals surface area contributed by atoms with Crippen molar-refractivity contribution in [1.82, 2.24) is 10.2 Å². The molecule has 0 spiro atoms. The zero-order valence-electron chi connectivity index (χ0n) is 15.5. The van der Waals surface area contributed by atoms with Crippen LogP contribution in [-0.2, 0) is 9.53 Å². The van der Waals surface area contributed by atoms with Gasteiger partial charge < -0.3 is 20.1 Å². The molecule has 1 unspecified atom stereocenters. The van der Waals surface area contributed by atoms with Crippen LogP contribution in [0.25, 0.3) is 0 Å². The fourth-order valence-corrected chi connectivity index (χ4v) is 3.90. The average molecular weight is 365 g/mol. The molecule has 1 amide bonds. The number of carbonyl (C=O) groups excluding carboxylic acids is 1. The Morgan fingerprint density at radius 1 is 1.27 bits per heavy atom. The first kappa shape index (κ1) is 19.1. The van der Waals surface area contributed by atoms with Gasteiger partial charge in [-0.2, -0.15) is 0 Å². The summed E-state index contributed by atoms with van der Waals surface area (Å²) in [6, 6.07) is 6.47. The molecular formula is C19H28FN3O3. The Morgan fingerprint density at radius 2 is 1.92 bits per heavy atom. The van der Waals surface area contributed by atoms with Gasteiger partial charge in [0.1, 0.15) is 5.82 Å². The van der Waals surface area contributed by atoms with Gasteiger partial charge in [0.15, 0.2) is 5.60 Å². The van der Waals surface area contributed by atoms with Crippen LogP contribution in [0.4, 0.5) is 10.1 Å². The highest BCUT2D eigenvalue weighted by Gasteiger charge is 2.42. The fourth-order valence-electron chi connectivity index (χ4n) is 3.90. The molecule has 2 aliphatic rings. The molecule has 0 bridgehead atoms. The standard InChI is InChI=1S/C19H28FN3O3/c1-18(17(24)21-2)13-22(11-12-26-18)14-19(25)7-9-23(10-8-19)16-5-3-15(20)4-6-16/h3-6,25H,7-14H2,1-2H3,(H,21,24). The quantitative estimate of drug-likeness (QED) is 0.833. The summed E-state index contributed by atoms with van der Waals surface area (Å²) < 4.78 is 18.8. The normalized spacial score (nSPS) is 26.5. The second-order valence-electron chi connectivity index (χ2n) is 7.56. The Labute approximate surface area is 153 Å². The minimum absolute atomic E-state index is 0.139. The van der Waals surface area contributed by atoms with Crippen molar-refractivity contribution in [2.45, 2.75) is 31.0 Å². The van der Waals surface area contributed by atoms with Gasteiger partial charge >= 0.3 is 0 Å². The van der Waals surface area contributed by atoms with E-state index in [9.17, 15) is 14.3 Å². The molecule has 2 fully saturated rings. The molecule has 2 aliphatic heterocycles. The largest absolute Gasteiger partial charge is 0.388 e. The van der Waals surface area contributed by atoms with Crippen LogP contribution in [0.1, 0.15) is 19.8 Å². The maximum Gasteiger partial charge on any atom is 0.253 e. The molecule has 2 saturated heterocycles. The third kappa shape index (κ3) is 4.16. The van der Waals surface area contributed by atoms with Gasteiger partial charge in [-0.25, -0.2) is 4.39 Å². The highest BCUT2D eigenvalue weighted by molar-refractivity contribution is 5.84.